The second-order valence-electron chi connectivity index (χ2n) is 5.09. The van der Waals surface area contributed by atoms with Crippen LogP contribution in [0, 0.1) is 6.92 Å². The molecule has 2 nitrogen and oxygen atoms in total. The van der Waals surface area contributed by atoms with Gasteiger partial charge >= 0.3 is 0 Å². The number of fused-ring (bicyclic) bond motifs is 1. The van der Waals surface area contributed by atoms with Gasteiger partial charge in [-0.05, 0) is 43.8 Å². The molecule has 0 bridgehead atoms. The lowest BCUT2D eigenvalue weighted by molar-refractivity contribution is 0.794. The maximum atomic E-state index is 4.84. The molecule has 0 fully saturated rings. The topological polar surface area (TPSA) is 24.9 Å². The SMILES string of the molecule is CNCc1cc2ccccc2nc1Sc1cccc(C)c1. The number of benzene rings is 2. The number of aryl methyl sites for hydroxylation is 1. The molecular formula is C18H18N2S. The van der Waals surface area contributed by atoms with Crippen LogP contribution in [0.1, 0.15) is 11.1 Å². The summed E-state index contributed by atoms with van der Waals surface area (Å²) < 4.78 is 0. The first-order valence-corrected chi connectivity index (χ1v) is 7.86. The number of rotatable bonds is 4. The van der Waals surface area contributed by atoms with Crippen LogP contribution < -0.4 is 5.32 Å². The normalized spacial score (nSPS) is 11.0. The van der Waals surface area contributed by atoms with Crippen LogP contribution in [0.4, 0.5) is 0 Å². The fourth-order valence-electron chi connectivity index (χ4n) is 2.34. The van der Waals surface area contributed by atoms with E-state index >= 15 is 0 Å². The fraction of sp³-hybridized carbons (Fsp3) is 0.167. The van der Waals surface area contributed by atoms with Crippen molar-refractivity contribution in [2.45, 2.75) is 23.4 Å². The van der Waals surface area contributed by atoms with E-state index < -0.39 is 0 Å². The van der Waals surface area contributed by atoms with Crippen molar-refractivity contribution in [3.05, 3.63) is 65.7 Å². The van der Waals surface area contributed by atoms with Gasteiger partial charge in [-0.15, -0.1) is 0 Å². The minimum Gasteiger partial charge on any atom is -0.316 e. The summed E-state index contributed by atoms with van der Waals surface area (Å²) in [6.45, 7) is 2.94. The molecule has 0 unspecified atom stereocenters. The number of pyridine rings is 1. The number of nitrogens with one attached hydrogen (secondary N) is 1. The summed E-state index contributed by atoms with van der Waals surface area (Å²) in [5, 5.41) is 5.50. The molecule has 3 aromatic rings. The Balaban J connectivity index is 2.04. The van der Waals surface area contributed by atoms with Crippen LogP contribution >= 0.6 is 11.8 Å². The van der Waals surface area contributed by atoms with Crippen LogP contribution in [0.5, 0.6) is 0 Å². The summed E-state index contributed by atoms with van der Waals surface area (Å²) in [5.41, 5.74) is 3.56. The van der Waals surface area contributed by atoms with Gasteiger partial charge in [-0.25, -0.2) is 4.98 Å². The van der Waals surface area contributed by atoms with Crippen molar-refractivity contribution in [2.75, 3.05) is 7.05 Å². The minimum absolute atomic E-state index is 0.825. The first-order chi connectivity index (χ1) is 10.3. The molecule has 21 heavy (non-hydrogen) atoms. The summed E-state index contributed by atoms with van der Waals surface area (Å²) in [6, 6.07) is 19.1. The Morgan fingerprint density at radius 2 is 1.90 bits per heavy atom. The number of aromatic nitrogens is 1. The van der Waals surface area contributed by atoms with E-state index in [1.54, 1.807) is 11.8 Å². The largest absolute Gasteiger partial charge is 0.316 e. The Hall–Kier alpha value is -1.84. The average Bonchev–Trinajstić information content (AvgIpc) is 2.48. The van der Waals surface area contributed by atoms with Crippen LogP contribution in [-0.2, 0) is 6.54 Å². The molecule has 3 heteroatoms. The van der Waals surface area contributed by atoms with Gasteiger partial charge < -0.3 is 5.32 Å². The van der Waals surface area contributed by atoms with E-state index in [0.29, 0.717) is 0 Å². The highest BCUT2D eigenvalue weighted by Gasteiger charge is 2.08. The summed E-state index contributed by atoms with van der Waals surface area (Å²) in [6.07, 6.45) is 0. The van der Waals surface area contributed by atoms with Crippen molar-refractivity contribution in [3.8, 4) is 0 Å². The Kier molecular flexibility index (Phi) is 4.23. The second kappa shape index (κ2) is 6.29. The van der Waals surface area contributed by atoms with Gasteiger partial charge in [-0.3, -0.25) is 0 Å². The van der Waals surface area contributed by atoms with Crippen LogP contribution in [-0.4, -0.2) is 12.0 Å². The van der Waals surface area contributed by atoms with Crippen LogP contribution in [0.2, 0.25) is 0 Å². The van der Waals surface area contributed by atoms with Gasteiger partial charge in [0.1, 0.15) is 5.03 Å². The van der Waals surface area contributed by atoms with Crippen LogP contribution in [0.15, 0.2) is 64.5 Å². The third-order valence-corrected chi connectivity index (χ3v) is 4.37. The highest BCUT2D eigenvalue weighted by molar-refractivity contribution is 7.99. The summed E-state index contributed by atoms with van der Waals surface area (Å²) in [7, 11) is 1.97. The molecule has 0 aliphatic heterocycles. The van der Waals surface area contributed by atoms with Gasteiger partial charge in [0.25, 0.3) is 0 Å². The quantitative estimate of drug-likeness (QED) is 0.771. The summed E-state index contributed by atoms with van der Waals surface area (Å²) >= 11 is 1.73. The van der Waals surface area contributed by atoms with Gasteiger partial charge in [-0.2, -0.15) is 0 Å². The first-order valence-electron chi connectivity index (χ1n) is 7.04. The zero-order chi connectivity index (χ0) is 14.7. The molecule has 0 saturated carbocycles. The molecule has 106 valence electrons. The Morgan fingerprint density at radius 1 is 1.05 bits per heavy atom. The maximum absolute atomic E-state index is 4.84. The Bertz CT molecular complexity index is 768. The zero-order valence-electron chi connectivity index (χ0n) is 12.3. The Labute approximate surface area is 129 Å². The Morgan fingerprint density at radius 3 is 2.71 bits per heavy atom. The molecule has 0 aliphatic rings. The van der Waals surface area contributed by atoms with Gasteiger partial charge in [0.15, 0.2) is 0 Å². The molecule has 0 atom stereocenters. The van der Waals surface area contributed by atoms with E-state index in [2.05, 4.69) is 60.8 Å². The number of hydrogen-bond acceptors (Lipinski definition) is 3. The molecule has 1 aromatic heterocycles. The van der Waals surface area contributed by atoms with Gasteiger partial charge in [0.05, 0.1) is 5.52 Å². The lowest BCUT2D eigenvalue weighted by Crippen LogP contribution is -2.07. The lowest BCUT2D eigenvalue weighted by atomic mass is 10.1. The number of nitrogens with zero attached hydrogens (tertiary/aromatic N) is 1. The smallest absolute Gasteiger partial charge is 0.106 e. The molecule has 0 radical (unpaired) electrons. The van der Waals surface area contributed by atoms with Crippen molar-refractivity contribution in [1.82, 2.24) is 10.3 Å². The van der Waals surface area contributed by atoms with E-state index in [4.69, 9.17) is 4.98 Å². The first kappa shape index (κ1) is 14.1. The van der Waals surface area contributed by atoms with E-state index in [1.165, 1.54) is 21.4 Å². The standard InChI is InChI=1S/C18H18N2S/c1-13-6-5-8-16(10-13)21-18-15(12-19-2)11-14-7-3-4-9-17(14)20-18/h3-11,19H,12H2,1-2H3. The zero-order valence-corrected chi connectivity index (χ0v) is 13.1. The fourth-order valence-corrected chi connectivity index (χ4v) is 3.36. The second-order valence-corrected chi connectivity index (χ2v) is 6.16. The number of hydrogen-bond donors (Lipinski definition) is 1. The highest BCUT2D eigenvalue weighted by Crippen LogP contribution is 2.31. The predicted octanol–water partition coefficient (Wildman–Crippen LogP) is 4.41. The third kappa shape index (κ3) is 3.26. The van der Waals surface area contributed by atoms with Crippen molar-refractivity contribution in [2.24, 2.45) is 0 Å². The van der Waals surface area contributed by atoms with Gasteiger partial charge in [0.2, 0.25) is 0 Å². The van der Waals surface area contributed by atoms with E-state index in [0.717, 1.165) is 17.1 Å². The molecule has 1 heterocycles. The van der Waals surface area contributed by atoms with Gasteiger partial charge in [-0.1, -0.05) is 47.7 Å². The molecular weight excluding hydrogens is 276 g/mol. The van der Waals surface area contributed by atoms with Crippen molar-refractivity contribution in [3.63, 3.8) is 0 Å². The van der Waals surface area contributed by atoms with Crippen molar-refractivity contribution >= 4 is 22.7 Å². The minimum atomic E-state index is 0.825. The molecule has 3 rings (SSSR count). The van der Waals surface area contributed by atoms with Crippen LogP contribution in [0.25, 0.3) is 10.9 Å². The summed E-state index contributed by atoms with van der Waals surface area (Å²) in [4.78, 5) is 6.07. The highest BCUT2D eigenvalue weighted by atomic mass is 32.2. The van der Waals surface area contributed by atoms with Crippen LogP contribution in [0.3, 0.4) is 0 Å². The molecule has 0 aliphatic carbocycles. The van der Waals surface area contributed by atoms with Gasteiger partial charge in [0, 0.05) is 16.8 Å². The molecule has 0 saturated heterocycles. The van der Waals surface area contributed by atoms with E-state index in [-0.39, 0.29) is 0 Å². The predicted molar refractivity (Wildman–Crippen MR) is 89.8 cm³/mol. The molecule has 0 spiro atoms. The maximum Gasteiger partial charge on any atom is 0.106 e. The number of para-hydroxylation sites is 1. The van der Waals surface area contributed by atoms with Crippen molar-refractivity contribution in [1.29, 1.82) is 0 Å². The lowest BCUT2D eigenvalue weighted by Gasteiger charge is -2.10. The third-order valence-electron chi connectivity index (χ3n) is 3.33. The molecule has 2 aromatic carbocycles. The van der Waals surface area contributed by atoms with E-state index in [9.17, 15) is 0 Å². The molecule has 1 N–H and O–H groups in total. The van der Waals surface area contributed by atoms with Crippen molar-refractivity contribution < 1.29 is 0 Å². The summed E-state index contributed by atoms with van der Waals surface area (Å²) in [5.74, 6) is 0. The average molecular weight is 294 g/mol. The molecule has 0 amide bonds. The van der Waals surface area contributed by atoms with E-state index in [1.807, 2.05) is 13.1 Å². The monoisotopic (exact) mass is 294 g/mol.